The van der Waals surface area contributed by atoms with Crippen LogP contribution in [0.5, 0.6) is 11.8 Å². The summed E-state index contributed by atoms with van der Waals surface area (Å²) < 4.78 is 35.0. The predicted octanol–water partition coefficient (Wildman–Crippen LogP) is 5.08. The number of hydrogen-bond donors (Lipinski definition) is 3. The largest absolute Gasteiger partial charge is 1.00 e. The fourth-order valence-electron chi connectivity index (χ4n) is 13.3. The van der Waals surface area contributed by atoms with Crippen LogP contribution in [-0.4, -0.2) is 154 Å². The van der Waals surface area contributed by atoms with Crippen LogP contribution in [0.15, 0.2) is 105 Å². The molecule has 0 aliphatic carbocycles. The van der Waals surface area contributed by atoms with E-state index in [9.17, 15) is 38.4 Å². The fraction of sp³-hybridized carbons (Fsp3) is 0.405. The Morgan fingerprint density at radius 3 is 1.22 bits per heavy atom. The third kappa shape index (κ3) is 20.6. The SMILES string of the molecule is Cl.O.[C-]#[N+]c1ccccc1Cn1c(=O)n(C)c2nc(COC=O)cc(N3CCC[C@@H](NC(=O)OC(C)(C)C)C3)c21.[C-]#[N+]c1ccccc1Cn1c(=O)n(C)c2nc(OC=O)cc(N3CCC[C@@H](N)C3)c21.[C-]#[N+]c1ccccc1Cn1c(=O)n(C)c2nc(OC=O)cc(N3CCC[C@@H](NC(=O)OC(C)(C)C)C3)c21.[Na+].[OH-]. The minimum atomic E-state index is -0.613. The van der Waals surface area contributed by atoms with Gasteiger partial charge in [-0.15, -0.1) is 12.4 Å². The zero-order chi connectivity index (χ0) is 75.4. The van der Waals surface area contributed by atoms with Crippen molar-refractivity contribution in [3.8, 4) is 11.8 Å². The second-order valence-corrected chi connectivity index (χ2v) is 27.7. The molecule has 0 spiro atoms. The van der Waals surface area contributed by atoms with Gasteiger partial charge in [0.05, 0.1) is 42.5 Å². The molecule has 33 nitrogen and oxygen atoms in total. The first-order chi connectivity index (χ1) is 50.2. The Bertz CT molecular complexity index is 5090. The number of nitrogens with zero attached hydrogens (tertiary/aromatic N) is 15. The van der Waals surface area contributed by atoms with Gasteiger partial charge in [0.15, 0.2) is 34.0 Å². The molecule has 0 radical (unpaired) electrons. The van der Waals surface area contributed by atoms with Gasteiger partial charge in [-0.3, -0.25) is 41.8 Å². The van der Waals surface area contributed by atoms with E-state index in [0.717, 1.165) is 67.6 Å². The zero-order valence-corrected chi connectivity index (χ0v) is 65.2. The van der Waals surface area contributed by atoms with Crippen molar-refractivity contribution in [1.29, 1.82) is 0 Å². The molecule has 3 aromatic carbocycles. The molecule has 12 rings (SSSR count). The van der Waals surface area contributed by atoms with Crippen LogP contribution >= 0.6 is 12.4 Å². The van der Waals surface area contributed by atoms with Crippen LogP contribution in [0.4, 0.5) is 43.7 Å². The summed E-state index contributed by atoms with van der Waals surface area (Å²) in [6.07, 6.45) is 4.03. The average molecular weight is 1530 g/mol. The molecule has 35 heteroatoms. The maximum absolute atomic E-state index is 13.4. The monoisotopic (exact) mass is 1530 g/mol. The third-order valence-electron chi connectivity index (χ3n) is 17.9. The molecular weight excluding hydrogens is 1440 g/mol. The normalized spacial score (nSPS) is 15.3. The van der Waals surface area contributed by atoms with Gasteiger partial charge in [0.25, 0.3) is 19.4 Å². The van der Waals surface area contributed by atoms with E-state index in [1.54, 1.807) is 83.4 Å². The van der Waals surface area contributed by atoms with Gasteiger partial charge in [0.1, 0.15) is 34.4 Å². The van der Waals surface area contributed by atoms with Crippen molar-refractivity contribution in [2.75, 3.05) is 54.0 Å². The van der Waals surface area contributed by atoms with Crippen molar-refractivity contribution in [1.82, 2.24) is 53.0 Å². The number of para-hydroxylation sites is 3. The number of carbonyl (C=O) groups is 5. The quantitative estimate of drug-likeness (QED) is 0.0436. The van der Waals surface area contributed by atoms with E-state index < -0.39 is 23.4 Å². The fourth-order valence-corrected chi connectivity index (χ4v) is 13.3. The van der Waals surface area contributed by atoms with Gasteiger partial charge in [0.2, 0.25) is 11.8 Å². The Labute approximate surface area is 656 Å². The second kappa shape index (κ2) is 38.1. The van der Waals surface area contributed by atoms with Crippen molar-refractivity contribution >= 4 is 112 Å². The molecule has 9 heterocycles. The van der Waals surface area contributed by atoms with Crippen LogP contribution in [0.25, 0.3) is 48.0 Å². The standard InChI is InChI=1S/C27H32N6O5.C26H30N6O5.C21H22N6O3.ClH.Na.2H2O/c1-27(2,3)38-25(35)30-19-10-8-12-32(15-19)22-13-20(16-37-17-34)29-24-23(22)33(26(36)31(24)5)14-18-9-6-7-11-21(18)28-4;1-26(2,3)37-24(34)28-18-10-8-12-31(15-18)20-13-21(36-16-33)29-23-22(20)32(25(35)30(23)5)14-17-9-6-7-11-19(17)27-4;1-23-16-8-4-3-6-14(16)11-27-19-17(26-9-5-7-15(22)12-26)10-18(30-13-28)24-20(19)25(2)21(27)29;;;;/h6-7,9,11,13,17,19H,8,10,12,14-16H2,1-3,5H3,(H,30,35);6-7,9,11,13,16,18H,8,10,12,14-15H2,1-3,5H3,(H,28,34);3-4,6,8,10,13,15H,5,7,9,11-12,22H2,2H3;1H;;2*1H2/q;;;;+1;;/p-1/t19-;18-;15-;;;;/m111..../s1. The molecule has 3 atom stereocenters. The zero-order valence-electron chi connectivity index (χ0n) is 62.4. The molecule has 572 valence electrons. The van der Waals surface area contributed by atoms with E-state index >= 15 is 0 Å². The minimum Gasteiger partial charge on any atom is -0.870 e. The van der Waals surface area contributed by atoms with Crippen molar-refractivity contribution in [2.45, 2.75) is 136 Å². The predicted molar refractivity (Wildman–Crippen MR) is 406 cm³/mol. The van der Waals surface area contributed by atoms with E-state index in [0.29, 0.717) is 120 Å². The summed E-state index contributed by atoms with van der Waals surface area (Å²) in [6.45, 7) is 38.6. The number of ether oxygens (including phenoxy) is 5. The van der Waals surface area contributed by atoms with E-state index in [1.807, 2.05) is 88.9 Å². The number of alkyl carbamates (subject to hydrolysis) is 2. The van der Waals surface area contributed by atoms with Crippen LogP contribution < -0.4 is 87.2 Å². The van der Waals surface area contributed by atoms with Crippen LogP contribution in [0.3, 0.4) is 0 Å². The number of benzene rings is 3. The van der Waals surface area contributed by atoms with Gasteiger partial charge in [-0.2, -0.15) is 9.97 Å². The number of pyridine rings is 3. The Morgan fingerprint density at radius 2 is 0.881 bits per heavy atom. The number of carbonyl (C=O) groups excluding carboxylic acids is 5. The summed E-state index contributed by atoms with van der Waals surface area (Å²) in [7, 11) is 4.88. The third-order valence-corrected chi connectivity index (χ3v) is 17.9. The molecule has 0 unspecified atom stereocenters. The van der Waals surface area contributed by atoms with Crippen molar-refractivity contribution in [2.24, 2.45) is 26.9 Å². The van der Waals surface area contributed by atoms with E-state index in [-0.39, 0.29) is 126 Å². The Balaban J connectivity index is 0.000000253. The number of aryl methyl sites for hydroxylation is 3. The molecule has 3 aliphatic rings. The van der Waals surface area contributed by atoms with Crippen LogP contribution in [0.1, 0.15) is 102 Å². The Kier molecular flexibility index (Phi) is 30.4. The van der Waals surface area contributed by atoms with E-state index in [1.165, 1.54) is 13.7 Å². The Hall–Kier alpha value is -11.1. The molecule has 6 aromatic heterocycles. The molecule has 3 saturated heterocycles. The number of halogens is 1. The molecule has 109 heavy (non-hydrogen) atoms. The maximum atomic E-state index is 13.4. The first kappa shape index (κ1) is 86.8. The van der Waals surface area contributed by atoms with Crippen molar-refractivity contribution < 1.29 is 88.2 Å². The number of nitrogens with one attached hydrogen (secondary N) is 2. The van der Waals surface area contributed by atoms with Gasteiger partial charge >= 0.3 is 58.8 Å². The number of amides is 2. The number of nitrogens with two attached hydrogens (primary N) is 1. The van der Waals surface area contributed by atoms with Crippen LogP contribution in [0.2, 0.25) is 0 Å². The summed E-state index contributed by atoms with van der Waals surface area (Å²) in [4.78, 5) is 128. The van der Waals surface area contributed by atoms with E-state index in [4.69, 9.17) is 49.1 Å². The van der Waals surface area contributed by atoms with E-state index in [2.05, 4.69) is 49.9 Å². The summed E-state index contributed by atoms with van der Waals surface area (Å²) in [5, 5.41) is 5.90. The molecule has 2 amide bonds. The average Bonchev–Trinajstić information content (AvgIpc) is 1.62. The van der Waals surface area contributed by atoms with Crippen molar-refractivity contribution in [3.05, 3.63) is 179 Å². The van der Waals surface area contributed by atoms with Crippen LogP contribution in [0, 0.1) is 19.7 Å². The number of rotatable bonds is 18. The van der Waals surface area contributed by atoms with Gasteiger partial charge in [-0.1, -0.05) is 72.8 Å². The maximum Gasteiger partial charge on any atom is 1.00 e. The van der Waals surface area contributed by atoms with Gasteiger partial charge in [-0.05, 0) is 103 Å². The van der Waals surface area contributed by atoms with Crippen molar-refractivity contribution in [3.63, 3.8) is 0 Å². The molecular formula is C74H88ClN18NaO15. The molecule has 9 aromatic rings. The smallest absolute Gasteiger partial charge is 0.870 e. The number of piperidine rings is 3. The molecule has 3 fully saturated rings. The summed E-state index contributed by atoms with van der Waals surface area (Å²) in [5.41, 5.74) is 13.4. The number of hydrogen-bond acceptors (Lipinski definition) is 21. The summed E-state index contributed by atoms with van der Waals surface area (Å²) in [6, 6.07) is 26.3. The number of fused-ring (bicyclic) bond motifs is 3. The topological polar surface area (TPSA) is 385 Å². The van der Waals surface area contributed by atoms with Gasteiger partial charge in [0, 0.05) is 110 Å². The van der Waals surface area contributed by atoms with Crippen LogP contribution in [-0.2, 0) is 76.0 Å². The number of anilines is 3. The summed E-state index contributed by atoms with van der Waals surface area (Å²) >= 11 is 0. The van der Waals surface area contributed by atoms with Gasteiger partial charge in [-0.25, -0.2) is 43.5 Å². The number of aromatic nitrogens is 9. The molecule has 0 bridgehead atoms. The Morgan fingerprint density at radius 1 is 0.541 bits per heavy atom. The molecule has 0 saturated carbocycles. The first-order valence-electron chi connectivity index (χ1n) is 34.2. The minimum absolute atomic E-state index is 0. The second-order valence-electron chi connectivity index (χ2n) is 27.7. The molecule has 7 N–H and O–H groups in total. The number of imidazole rings is 3. The molecule has 3 aliphatic heterocycles. The summed E-state index contributed by atoms with van der Waals surface area (Å²) in [5.74, 6) is 0.190. The first-order valence-corrected chi connectivity index (χ1v) is 34.2. The van der Waals surface area contributed by atoms with Gasteiger partial charge < -0.3 is 65.7 Å².